The van der Waals surface area contributed by atoms with Gasteiger partial charge in [0.2, 0.25) is 5.91 Å². The van der Waals surface area contributed by atoms with Crippen LogP contribution in [0.3, 0.4) is 0 Å². The number of hydrogen-bond acceptors (Lipinski definition) is 3. The lowest BCUT2D eigenvalue weighted by Crippen LogP contribution is -2.50. The molecule has 0 aromatic rings. The summed E-state index contributed by atoms with van der Waals surface area (Å²) in [7, 11) is 0. The van der Waals surface area contributed by atoms with E-state index in [-0.39, 0.29) is 24.4 Å². The number of amides is 4. The van der Waals surface area contributed by atoms with Crippen LogP contribution in [0.15, 0.2) is 0 Å². The molecule has 0 atom stereocenters. The molecule has 1 aliphatic heterocycles. The van der Waals surface area contributed by atoms with Crippen molar-refractivity contribution < 1.29 is 14.4 Å². The molecule has 0 radical (unpaired) electrons. The van der Waals surface area contributed by atoms with E-state index in [4.69, 9.17) is 0 Å². The third-order valence-electron chi connectivity index (χ3n) is 6.30. The van der Waals surface area contributed by atoms with Crippen LogP contribution in [-0.2, 0) is 9.59 Å². The Morgan fingerprint density at radius 1 is 1.12 bits per heavy atom. The summed E-state index contributed by atoms with van der Waals surface area (Å²) in [6.45, 7) is 2.02. The van der Waals surface area contributed by atoms with Crippen LogP contribution in [0.4, 0.5) is 4.79 Å². The highest BCUT2D eigenvalue weighted by Crippen LogP contribution is 2.37. The molecule has 140 valence electrons. The molecule has 0 aromatic carbocycles. The molecule has 0 bridgehead atoms. The number of nitrogens with one attached hydrogen (secondary N) is 2. The van der Waals surface area contributed by atoms with Crippen molar-refractivity contribution in [2.24, 2.45) is 5.92 Å². The van der Waals surface area contributed by atoms with Gasteiger partial charge in [0.25, 0.3) is 5.91 Å². The van der Waals surface area contributed by atoms with Crippen molar-refractivity contribution in [3.63, 3.8) is 0 Å². The predicted octanol–water partition coefficient (Wildman–Crippen LogP) is 2.72. The minimum absolute atomic E-state index is 0.153. The molecule has 3 aliphatic rings. The van der Waals surface area contributed by atoms with E-state index in [1.807, 2.05) is 0 Å². The van der Waals surface area contributed by atoms with Crippen LogP contribution < -0.4 is 10.6 Å². The average molecular weight is 349 g/mol. The lowest BCUT2D eigenvalue weighted by atomic mass is 9.75. The molecule has 3 rings (SSSR count). The summed E-state index contributed by atoms with van der Waals surface area (Å²) in [4.78, 5) is 38.6. The Morgan fingerprint density at radius 3 is 2.36 bits per heavy atom. The Balaban J connectivity index is 1.56. The fourth-order valence-electron chi connectivity index (χ4n) is 4.58. The van der Waals surface area contributed by atoms with Crippen LogP contribution in [0, 0.1) is 5.92 Å². The number of rotatable bonds is 4. The fraction of sp³-hybridized carbons (Fsp3) is 0.842. The zero-order valence-electron chi connectivity index (χ0n) is 15.3. The van der Waals surface area contributed by atoms with Gasteiger partial charge in [0.05, 0.1) is 0 Å². The molecule has 25 heavy (non-hydrogen) atoms. The zero-order valence-corrected chi connectivity index (χ0v) is 15.3. The minimum atomic E-state index is -0.759. The monoisotopic (exact) mass is 349 g/mol. The van der Waals surface area contributed by atoms with Crippen LogP contribution in [0.25, 0.3) is 0 Å². The molecule has 4 amide bonds. The molecule has 3 fully saturated rings. The number of nitrogens with zero attached hydrogens (tertiary/aromatic N) is 1. The van der Waals surface area contributed by atoms with Crippen LogP contribution in [0.2, 0.25) is 0 Å². The Labute approximate surface area is 150 Å². The first-order valence-corrected chi connectivity index (χ1v) is 9.97. The molecule has 2 saturated carbocycles. The second-order valence-electron chi connectivity index (χ2n) is 8.01. The van der Waals surface area contributed by atoms with Gasteiger partial charge < -0.3 is 10.6 Å². The van der Waals surface area contributed by atoms with Crippen molar-refractivity contribution in [3.05, 3.63) is 0 Å². The van der Waals surface area contributed by atoms with Gasteiger partial charge in [0.1, 0.15) is 12.1 Å². The molecule has 1 spiro atoms. The summed E-state index contributed by atoms with van der Waals surface area (Å²) in [5.41, 5.74) is -0.759. The van der Waals surface area contributed by atoms with Crippen molar-refractivity contribution in [2.75, 3.05) is 6.54 Å². The minimum Gasteiger partial charge on any atom is -0.352 e. The third-order valence-corrected chi connectivity index (χ3v) is 6.30. The average Bonchev–Trinajstić information content (AvgIpc) is 2.80. The highest BCUT2D eigenvalue weighted by atomic mass is 16.2. The topological polar surface area (TPSA) is 78.5 Å². The summed E-state index contributed by atoms with van der Waals surface area (Å²) >= 11 is 0. The quantitative estimate of drug-likeness (QED) is 0.605. The van der Waals surface area contributed by atoms with Crippen LogP contribution in [-0.4, -0.2) is 40.9 Å². The van der Waals surface area contributed by atoms with E-state index in [1.165, 1.54) is 12.8 Å². The number of urea groups is 1. The molecular weight excluding hydrogens is 318 g/mol. The summed E-state index contributed by atoms with van der Waals surface area (Å²) < 4.78 is 0. The lowest BCUT2D eigenvalue weighted by Gasteiger charge is -2.34. The van der Waals surface area contributed by atoms with Gasteiger partial charge in [-0.15, -0.1) is 0 Å². The van der Waals surface area contributed by atoms with Gasteiger partial charge >= 0.3 is 6.03 Å². The number of hydrogen-bond donors (Lipinski definition) is 2. The molecule has 2 N–H and O–H groups in total. The van der Waals surface area contributed by atoms with Crippen molar-refractivity contribution in [1.82, 2.24) is 15.5 Å². The third kappa shape index (κ3) is 3.98. The van der Waals surface area contributed by atoms with Gasteiger partial charge in [-0.3, -0.25) is 14.5 Å². The molecule has 6 heteroatoms. The maximum absolute atomic E-state index is 12.8. The number of imide groups is 1. The Kier molecular flexibility index (Phi) is 5.64. The largest absolute Gasteiger partial charge is 0.352 e. The van der Waals surface area contributed by atoms with E-state index in [1.54, 1.807) is 0 Å². The van der Waals surface area contributed by atoms with E-state index in [2.05, 4.69) is 17.6 Å². The highest BCUT2D eigenvalue weighted by Gasteiger charge is 2.52. The van der Waals surface area contributed by atoms with Crippen LogP contribution in [0.5, 0.6) is 0 Å². The first-order chi connectivity index (χ1) is 12.0. The maximum atomic E-state index is 12.8. The Morgan fingerprint density at radius 2 is 1.76 bits per heavy atom. The van der Waals surface area contributed by atoms with Gasteiger partial charge in [0.15, 0.2) is 0 Å². The SMILES string of the molecule is CCC1CCC2(CC1)NC(=O)N(CC(=O)NC1CCCCCC1)C2=O. The van der Waals surface area contributed by atoms with E-state index >= 15 is 0 Å². The van der Waals surface area contributed by atoms with E-state index in [0.717, 1.165) is 49.8 Å². The molecule has 6 nitrogen and oxygen atoms in total. The predicted molar refractivity (Wildman–Crippen MR) is 94.9 cm³/mol. The van der Waals surface area contributed by atoms with E-state index in [0.29, 0.717) is 18.8 Å². The molecule has 0 aromatic heterocycles. The summed E-state index contributed by atoms with van der Waals surface area (Å²) in [5, 5.41) is 5.91. The van der Waals surface area contributed by atoms with Crippen molar-refractivity contribution in [2.45, 2.75) is 89.1 Å². The second kappa shape index (κ2) is 7.75. The summed E-state index contributed by atoms with van der Waals surface area (Å²) in [6.07, 6.45) is 11.1. The van der Waals surface area contributed by atoms with Crippen LogP contribution >= 0.6 is 0 Å². The first kappa shape index (κ1) is 18.2. The normalized spacial score (nSPS) is 31.1. The van der Waals surface area contributed by atoms with E-state index < -0.39 is 11.6 Å². The van der Waals surface area contributed by atoms with Gasteiger partial charge in [-0.05, 0) is 44.4 Å². The van der Waals surface area contributed by atoms with Crippen molar-refractivity contribution >= 4 is 17.8 Å². The summed E-state index contributed by atoms with van der Waals surface area (Å²) in [5.74, 6) is 0.223. The van der Waals surface area contributed by atoms with E-state index in [9.17, 15) is 14.4 Å². The fourth-order valence-corrected chi connectivity index (χ4v) is 4.58. The molecule has 1 saturated heterocycles. The van der Waals surface area contributed by atoms with Crippen molar-refractivity contribution in [3.8, 4) is 0 Å². The first-order valence-electron chi connectivity index (χ1n) is 9.97. The standard InChI is InChI=1S/C19H31N3O3/c1-2-14-9-11-19(12-10-14)17(24)22(18(25)21-19)13-16(23)20-15-7-5-3-4-6-8-15/h14-15H,2-13H2,1H3,(H,20,23)(H,21,25). The molecule has 2 aliphatic carbocycles. The second-order valence-corrected chi connectivity index (χ2v) is 8.01. The van der Waals surface area contributed by atoms with Gasteiger partial charge in [-0.1, -0.05) is 39.0 Å². The Hall–Kier alpha value is -1.59. The molecule has 0 unspecified atom stereocenters. The maximum Gasteiger partial charge on any atom is 0.325 e. The number of carbonyl (C=O) groups is 3. The van der Waals surface area contributed by atoms with Crippen molar-refractivity contribution in [1.29, 1.82) is 0 Å². The smallest absolute Gasteiger partial charge is 0.325 e. The molecule has 1 heterocycles. The van der Waals surface area contributed by atoms with Gasteiger partial charge in [0, 0.05) is 6.04 Å². The van der Waals surface area contributed by atoms with Gasteiger partial charge in [-0.2, -0.15) is 0 Å². The number of carbonyl (C=O) groups excluding carboxylic acids is 3. The highest BCUT2D eigenvalue weighted by molar-refractivity contribution is 6.09. The summed E-state index contributed by atoms with van der Waals surface area (Å²) in [6, 6.07) is -0.222. The zero-order chi connectivity index (χ0) is 17.9. The lowest BCUT2D eigenvalue weighted by molar-refractivity contribution is -0.136. The van der Waals surface area contributed by atoms with Gasteiger partial charge in [-0.25, -0.2) is 4.79 Å². The Bertz CT molecular complexity index is 518. The molecular formula is C19H31N3O3. The van der Waals surface area contributed by atoms with Crippen LogP contribution in [0.1, 0.15) is 77.6 Å².